The summed E-state index contributed by atoms with van der Waals surface area (Å²) in [6, 6.07) is 29.1. The number of rotatable bonds is 7. The number of fused-ring (bicyclic) bond motifs is 1. The summed E-state index contributed by atoms with van der Waals surface area (Å²) in [5.41, 5.74) is 5.85. The van der Waals surface area contributed by atoms with Crippen LogP contribution in [0.5, 0.6) is 0 Å². The van der Waals surface area contributed by atoms with Crippen LogP contribution >= 0.6 is 0 Å². The van der Waals surface area contributed by atoms with Crippen LogP contribution in [0.2, 0.25) is 0 Å². The van der Waals surface area contributed by atoms with Crippen molar-refractivity contribution in [1.29, 1.82) is 0 Å². The van der Waals surface area contributed by atoms with Crippen molar-refractivity contribution in [3.63, 3.8) is 0 Å². The molecule has 1 amide bonds. The lowest BCUT2D eigenvalue weighted by Gasteiger charge is -2.12. The molecule has 34 heavy (non-hydrogen) atoms. The van der Waals surface area contributed by atoms with E-state index < -0.39 is 0 Å². The van der Waals surface area contributed by atoms with Gasteiger partial charge in [0, 0.05) is 23.8 Å². The van der Waals surface area contributed by atoms with Crippen molar-refractivity contribution in [2.75, 3.05) is 5.32 Å². The first-order valence-electron chi connectivity index (χ1n) is 11.0. The van der Waals surface area contributed by atoms with Crippen LogP contribution in [0.25, 0.3) is 23.1 Å². The average molecular weight is 446 g/mol. The van der Waals surface area contributed by atoms with Gasteiger partial charge in [-0.3, -0.25) is 14.9 Å². The maximum atomic E-state index is 12.9. The topological polar surface area (TPSA) is 82.7 Å². The molecule has 6 nitrogen and oxygen atoms in total. The molecule has 6 heteroatoms. The van der Waals surface area contributed by atoms with Crippen molar-refractivity contribution in [2.24, 2.45) is 0 Å². The fourth-order valence-electron chi connectivity index (χ4n) is 3.70. The van der Waals surface area contributed by atoms with Crippen LogP contribution in [0.4, 0.5) is 11.4 Å². The van der Waals surface area contributed by atoms with E-state index in [4.69, 9.17) is 0 Å². The SMILES string of the molecule is O=C(NCc1ccccc1)c1ccccc1Nc1ccc2c(/C=C/c3ccccn3)n[nH]c2c1. The molecule has 166 valence electrons. The Labute approximate surface area is 197 Å². The smallest absolute Gasteiger partial charge is 0.253 e. The van der Waals surface area contributed by atoms with E-state index >= 15 is 0 Å². The summed E-state index contributed by atoms with van der Waals surface area (Å²) in [6.07, 6.45) is 5.65. The highest BCUT2D eigenvalue weighted by Crippen LogP contribution is 2.26. The number of para-hydroxylation sites is 1. The molecule has 0 aliphatic carbocycles. The summed E-state index contributed by atoms with van der Waals surface area (Å²) in [4.78, 5) is 17.2. The molecular weight excluding hydrogens is 422 g/mol. The molecular formula is C28H23N5O. The molecule has 5 aromatic rings. The van der Waals surface area contributed by atoms with E-state index in [0.717, 1.165) is 39.2 Å². The predicted octanol–water partition coefficient (Wildman–Crippen LogP) is 5.80. The Balaban J connectivity index is 1.32. The summed E-state index contributed by atoms with van der Waals surface area (Å²) < 4.78 is 0. The maximum absolute atomic E-state index is 12.9. The monoisotopic (exact) mass is 445 g/mol. The molecule has 2 aromatic heterocycles. The largest absolute Gasteiger partial charge is 0.355 e. The van der Waals surface area contributed by atoms with Crippen molar-refractivity contribution in [2.45, 2.75) is 6.54 Å². The lowest BCUT2D eigenvalue weighted by Crippen LogP contribution is -2.23. The highest BCUT2D eigenvalue weighted by molar-refractivity contribution is 6.00. The second-order valence-electron chi connectivity index (χ2n) is 7.80. The van der Waals surface area contributed by atoms with Gasteiger partial charge in [0.25, 0.3) is 5.91 Å². The highest BCUT2D eigenvalue weighted by atomic mass is 16.1. The number of carbonyl (C=O) groups excluding carboxylic acids is 1. The Morgan fingerprint density at radius 3 is 2.56 bits per heavy atom. The predicted molar refractivity (Wildman–Crippen MR) is 137 cm³/mol. The van der Waals surface area contributed by atoms with Gasteiger partial charge in [0.15, 0.2) is 0 Å². The number of hydrogen-bond acceptors (Lipinski definition) is 4. The maximum Gasteiger partial charge on any atom is 0.253 e. The third-order valence-corrected chi connectivity index (χ3v) is 5.44. The van der Waals surface area contributed by atoms with Crippen LogP contribution in [-0.4, -0.2) is 21.1 Å². The molecule has 0 unspecified atom stereocenters. The molecule has 5 rings (SSSR count). The Morgan fingerprint density at radius 1 is 0.882 bits per heavy atom. The number of benzene rings is 3. The number of H-pyrrole nitrogens is 1. The van der Waals surface area contributed by atoms with Crippen molar-refractivity contribution in [3.8, 4) is 0 Å². The number of nitrogens with one attached hydrogen (secondary N) is 3. The molecule has 2 heterocycles. The lowest BCUT2D eigenvalue weighted by atomic mass is 10.1. The van der Waals surface area contributed by atoms with Crippen LogP contribution < -0.4 is 10.6 Å². The van der Waals surface area contributed by atoms with Crippen molar-refractivity contribution < 1.29 is 4.79 Å². The molecule has 3 N–H and O–H groups in total. The van der Waals surface area contributed by atoms with Crippen LogP contribution in [0.15, 0.2) is 97.2 Å². The Bertz CT molecular complexity index is 1440. The van der Waals surface area contributed by atoms with Gasteiger partial charge < -0.3 is 10.6 Å². The highest BCUT2D eigenvalue weighted by Gasteiger charge is 2.12. The third kappa shape index (κ3) is 4.86. The van der Waals surface area contributed by atoms with Crippen LogP contribution in [-0.2, 0) is 6.54 Å². The molecule has 0 aliphatic rings. The van der Waals surface area contributed by atoms with Gasteiger partial charge in [0.05, 0.1) is 28.2 Å². The number of amides is 1. The molecule has 0 bridgehead atoms. The molecule has 0 saturated carbocycles. The number of nitrogens with zero attached hydrogens (tertiary/aromatic N) is 2. The minimum atomic E-state index is -0.128. The Hall–Kier alpha value is -4.71. The van der Waals surface area contributed by atoms with Gasteiger partial charge in [-0.25, -0.2) is 0 Å². The van der Waals surface area contributed by atoms with Crippen molar-refractivity contribution in [1.82, 2.24) is 20.5 Å². The fraction of sp³-hybridized carbons (Fsp3) is 0.0357. The van der Waals surface area contributed by atoms with Gasteiger partial charge in [-0.2, -0.15) is 5.10 Å². The zero-order valence-electron chi connectivity index (χ0n) is 18.4. The standard InChI is InChI=1S/C28H23N5O/c34-28(30-19-20-8-2-1-3-9-20)24-11-4-5-12-25(24)31-22-13-15-23-26(32-33-27(23)18-22)16-14-21-10-6-7-17-29-21/h1-18,31H,19H2,(H,30,34)(H,32,33)/b16-14+. The van der Waals surface area contributed by atoms with E-state index in [-0.39, 0.29) is 5.91 Å². The van der Waals surface area contributed by atoms with E-state index in [1.54, 1.807) is 6.20 Å². The molecule has 0 atom stereocenters. The van der Waals surface area contributed by atoms with Gasteiger partial charge in [-0.15, -0.1) is 0 Å². The van der Waals surface area contributed by atoms with E-state index in [2.05, 4.69) is 25.8 Å². The first-order valence-corrected chi connectivity index (χ1v) is 11.0. The average Bonchev–Trinajstić information content (AvgIpc) is 3.30. The third-order valence-electron chi connectivity index (χ3n) is 5.44. The quantitative estimate of drug-likeness (QED) is 0.296. The Kier molecular flexibility index (Phi) is 6.12. The molecule has 0 fully saturated rings. The number of pyridine rings is 1. The summed E-state index contributed by atoms with van der Waals surface area (Å²) in [5.74, 6) is -0.128. The molecule has 0 saturated heterocycles. The van der Waals surface area contributed by atoms with Gasteiger partial charge in [0.2, 0.25) is 0 Å². The normalized spacial score (nSPS) is 11.1. The summed E-state index contributed by atoms with van der Waals surface area (Å²) >= 11 is 0. The molecule has 0 spiro atoms. The van der Waals surface area contributed by atoms with Crippen LogP contribution in [0.3, 0.4) is 0 Å². The summed E-state index contributed by atoms with van der Waals surface area (Å²) in [6.45, 7) is 0.475. The second kappa shape index (κ2) is 9.83. The fourth-order valence-corrected chi connectivity index (χ4v) is 3.70. The summed E-state index contributed by atoms with van der Waals surface area (Å²) in [7, 11) is 0. The zero-order chi connectivity index (χ0) is 23.2. The van der Waals surface area contributed by atoms with Gasteiger partial charge >= 0.3 is 0 Å². The van der Waals surface area contributed by atoms with E-state index in [1.165, 1.54) is 0 Å². The number of anilines is 2. The van der Waals surface area contributed by atoms with Gasteiger partial charge in [0.1, 0.15) is 0 Å². The van der Waals surface area contributed by atoms with Crippen molar-refractivity contribution in [3.05, 3.63) is 120 Å². The Morgan fingerprint density at radius 2 is 1.71 bits per heavy atom. The van der Waals surface area contributed by atoms with Crippen molar-refractivity contribution >= 4 is 40.3 Å². The minimum Gasteiger partial charge on any atom is -0.355 e. The number of aromatic amines is 1. The van der Waals surface area contributed by atoms with Crippen LogP contribution in [0, 0.1) is 0 Å². The van der Waals surface area contributed by atoms with Gasteiger partial charge in [-0.1, -0.05) is 48.5 Å². The number of aromatic nitrogens is 3. The molecule has 0 aliphatic heterocycles. The zero-order valence-corrected chi connectivity index (χ0v) is 18.4. The van der Waals surface area contributed by atoms with E-state index in [9.17, 15) is 4.79 Å². The minimum absolute atomic E-state index is 0.128. The van der Waals surface area contributed by atoms with E-state index in [1.807, 2.05) is 103 Å². The lowest BCUT2D eigenvalue weighted by molar-refractivity contribution is 0.0951. The van der Waals surface area contributed by atoms with Gasteiger partial charge in [-0.05, 0) is 60.2 Å². The first-order chi connectivity index (χ1) is 16.8. The number of carbonyl (C=O) groups is 1. The van der Waals surface area contributed by atoms with Crippen LogP contribution in [0.1, 0.15) is 27.3 Å². The summed E-state index contributed by atoms with van der Waals surface area (Å²) in [5, 5.41) is 14.9. The van der Waals surface area contributed by atoms with E-state index in [0.29, 0.717) is 12.1 Å². The first kappa shape index (κ1) is 21.2. The second-order valence-corrected chi connectivity index (χ2v) is 7.80. The molecule has 3 aromatic carbocycles. The molecule has 0 radical (unpaired) electrons. The number of hydrogen-bond donors (Lipinski definition) is 3.